The van der Waals surface area contributed by atoms with Crippen molar-refractivity contribution < 1.29 is 14.1 Å². The van der Waals surface area contributed by atoms with Gasteiger partial charge in [0, 0.05) is 22.8 Å². The standard InChI is InChI=1S/C18H15N5O3S/c1-11-7-12(2)23(21-11)15-4-3-13(8-19-15)18(24)25-9-16-20-17(22-26-16)14-5-6-27-10-14/h3-8,10H,9H2,1-2H3. The number of aryl methyl sites for hydroxylation is 2. The van der Waals surface area contributed by atoms with Gasteiger partial charge in [-0.05, 0) is 43.5 Å². The number of nitrogens with zero attached hydrogens (tertiary/aromatic N) is 5. The first kappa shape index (κ1) is 17.1. The molecule has 4 rings (SSSR count). The van der Waals surface area contributed by atoms with E-state index in [0.717, 1.165) is 17.0 Å². The number of thiophene rings is 1. The molecular formula is C18H15N5O3S. The van der Waals surface area contributed by atoms with E-state index < -0.39 is 5.97 Å². The molecule has 0 aliphatic heterocycles. The van der Waals surface area contributed by atoms with Crippen molar-refractivity contribution >= 4 is 17.3 Å². The Kier molecular flexibility index (Phi) is 4.51. The van der Waals surface area contributed by atoms with E-state index in [2.05, 4.69) is 20.2 Å². The molecule has 0 aliphatic rings. The van der Waals surface area contributed by atoms with Gasteiger partial charge in [0.2, 0.25) is 5.82 Å². The molecule has 0 aromatic carbocycles. The molecule has 0 fully saturated rings. The quantitative estimate of drug-likeness (QED) is 0.489. The number of rotatable bonds is 5. The number of carbonyl (C=O) groups is 1. The van der Waals surface area contributed by atoms with Crippen LogP contribution in [0.3, 0.4) is 0 Å². The van der Waals surface area contributed by atoms with Crippen molar-refractivity contribution in [3.63, 3.8) is 0 Å². The summed E-state index contributed by atoms with van der Waals surface area (Å²) >= 11 is 1.54. The van der Waals surface area contributed by atoms with E-state index in [0.29, 0.717) is 17.2 Å². The fraction of sp³-hybridized carbons (Fsp3) is 0.167. The Balaban J connectivity index is 1.40. The topological polar surface area (TPSA) is 95.9 Å². The van der Waals surface area contributed by atoms with Gasteiger partial charge in [-0.15, -0.1) is 0 Å². The largest absolute Gasteiger partial charge is 0.452 e. The average Bonchev–Trinajstić information content (AvgIpc) is 3.40. The maximum atomic E-state index is 12.2. The fourth-order valence-corrected chi connectivity index (χ4v) is 3.16. The summed E-state index contributed by atoms with van der Waals surface area (Å²) in [5.74, 6) is 0.821. The number of aromatic nitrogens is 5. The van der Waals surface area contributed by atoms with E-state index in [-0.39, 0.29) is 12.5 Å². The highest BCUT2D eigenvalue weighted by molar-refractivity contribution is 7.08. The zero-order chi connectivity index (χ0) is 18.8. The van der Waals surface area contributed by atoms with Crippen LogP contribution in [0.15, 0.2) is 45.7 Å². The van der Waals surface area contributed by atoms with Gasteiger partial charge in [0.25, 0.3) is 5.89 Å². The SMILES string of the molecule is Cc1cc(C)n(-c2ccc(C(=O)OCc3nc(-c4ccsc4)no3)cn2)n1. The summed E-state index contributed by atoms with van der Waals surface area (Å²) in [5, 5.41) is 12.1. The molecule has 9 heteroatoms. The minimum Gasteiger partial charge on any atom is -0.452 e. The van der Waals surface area contributed by atoms with Crippen molar-refractivity contribution in [2.75, 3.05) is 0 Å². The van der Waals surface area contributed by atoms with Crippen molar-refractivity contribution in [3.05, 3.63) is 64.1 Å². The van der Waals surface area contributed by atoms with Crippen LogP contribution in [-0.2, 0) is 11.3 Å². The highest BCUT2D eigenvalue weighted by atomic mass is 32.1. The molecule has 0 unspecified atom stereocenters. The van der Waals surface area contributed by atoms with Gasteiger partial charge in [0.1, 0.15) is 0 Å². The Morgan fingerprint density at radius 2 is 2.19 bits per heavy atom. The predicted molar refractivity (Wildman–Crippen MR) is 97.6 cm³/mol. The van der Waals surface area contributed by atoms with Crippen molar-refractivity contribution in [1.29, 1.82) is 0 Å². The third-order valence-corrected chi connectivity index (χ3v) is 4.47. The molecule has 4 heterocycles. The highest BCUT2D eigenvalue weighted by Crippen LogP contribution is 2.19. The van der Waals surface area contributed by atoms with E-state index >= 15 is 0 Å². The Morgan fingerprint density at radius 3 is 2.85 bits per heavy atom. The maximum Gasteiger partial charge on any atom is 0.340 e. The Labute approximate surface area is 158 Å². The second-order valence-electron chi connectivity index (χ2n) is 5.84. The molecule has 0 saturated heterocycles. The van der Waals surface area contributed by atoms with Crippen LogP contribution < -0.4 is 0 Å². The van der Waals surface area contributed by atoms with Crippen molar-refractivity contribution in [2.24, 2.45) is 0 Å². The number of hydrogen-bond donors (Lipinski definition) is 0. The molecule has 4 aromatic heterocycles. The van der Waals surface area contributed by atoms with Crippen LogP contribution >= 0.6 is 11.3 Å². The predicted octanol–water partition coefficient (Wildman–Crippen LogP) is 3.35. The molecule has 136 valence electrons. The maximum absolute atomic E-state index is 12.2. The molecule has 0 radical (unpaired) electrons. The molecule has 0 spiro atoms. The number of carbonyl (C=O) groups excluding carboxylic acids is 1. The molecule has 0 atom stereocenters. The third kappa shape index (κ3) is 3.63. The van der Waals surface area contributed by atoms with Gasteiger partial charge in [-0.2, -0.15) is 21.4 Å². The minimum absolute atomic E-state index is 0.102. The molecule has 0 N–H and O–H groups in total. The van der Waals surface area contributed by atoms with Crippen LogP contribution in [-0.4, -0.2) is 30.9 Å². The summed E-state index contributed by atoms with van der Waals surface area (Å²) in [4.78, 5) is 20.7. The molecule has 8 nitrogen and oxygen atoms in total. The average molecular weight is 381 g/mol. The monoisotopic (exact) mass is 381 g/mol. The number of esters is 1. The van der Waals surface area contributed by atoms with Gasteiger partial charge >= 0.3 is 5.97 Å². The van der Waals surface area contributed by atoms with Gasteiger partial charge in [-0.25, -0.2) is 14.5 Å². The van der Waals surface area contributed by atoms with Crippen LogP contribution in [0.1, 0.15) is 27.6 Å². The number of hydrogen-bond acceptors (Lipinski definition) is 8. The molecule has 0 aliphatic carbocycles. The lowest BCUT2D eigenvalue weighted by Crippen LogP contribution is -2.08. The van der Waals surface area contributed by atoms with Crippen LogP contribution in [0.5, 0.6) is 0 Å². The van der Waals surface area contributed by atoms with Gasteiger partial charge < -0.3 is 9.26 Å². The van der Waals surface area contributed by atoms with Gasteiger partial charge in [0.05, 0.1) is 11.3 Å². The van der Waals surface area contributed by atoms with Gasteiger partial charge in [-0.3, -0.25) is 0 Å². The summed E-state index contributed by atoms with van der Waals surface area (Å²) in [7, 11) is 0. The Hall–Kier alpha value is -3.33. The van der Waals surface area contributed by atoms with Crippen molar-refractivity contribution in [2.45, 2.75) is 20.5 Å². The summed E-state index contributed by atoms with van der Waals surface area (Å²) < 4.78 is 12.0. The third-order valence-electron chi connectivity index (χ3n) is 3.78. The Morgan fingerprint density at radius 1 is 1.30 bits per heavy atom. The van der Waals surface area contributed by atoms with Crippen LogP contribution in [0.25, 0.3) is 17.2 Å². The summed E-state index contributed by atoms with van der Waals surface area (Å²) in [6.07, 6.45) is 1.46. The first-order valence-electron chi connectivity index (χ1n) is 8.12. The normalized spacial score (nSPS) is 10.9. The zero-order valence-electron chi connectivity index (χ0n) is 14.6. The lowest BCUT2D eigenvalue weighted by molar-refractivity contribution is 0.0429. The lowest BCUT2D eigenvalue weighted by Gasteiger charge is -2.05. The highest BCUT2D eigenvalue weighted by Gasteiger charge is 2.14. The first-order chi connectivity index (χ1) is 13.1. The van der Waals surface area contributed by atoms with Gasteiger partial charge in [-0.1, -0.05) is 5.16 Å². The summed E-state index contributed by atoms with van der Waals surface area (Å²) in [6.45, 7) is 3.75. The Bertz CT molecular complexity index is 1070. The number of ether oxygens (including phenoxy) is 1. The summed E-state index contributed by atoms with van der Waals surface area (Å²) in [6, 6.07) is 7.21. The van der Waals surface area contributed by atoms with E-state index in [1.165, 1.54) is 6.20 Å². The van der Waals surface area contributed by atoms with E-state index in [1.807, 2.05) is 36.7 Å². The number of pyridine rings is 1. The molecule has 0 amide bonds. The minimum atomic E-state index is -0.516. The van der Waals surface area contributed by atoms with Crippen molar-refractivity contribution in [3.8, 4) is 17.2 Å². The lowest BCUT2D eigenvalue weighted by atomic mass is 10.3. The molecule has 0 saturated carbocycles. The van der Waals surface area contributed by atoms with Crippen LogP contribution in [0.2, 0.25) is 0 Å². The van der Waals surface area contributed by atoms with E-state index in [4.69, 9.17) is 9.26 Å². The van der Waals surface area contributed by atoms with E-state index in [9.17, 15) is 4.79 Å². The molecule has 0 bridgehead atoms. The fourth-order valence-electron chi connectivity index (χ4n) is 2.53. The van der Waals surface area contributed by atoms with E-state index in [1.54, 1.807) is 28.2 Å². The molecular weight excluding hydrogens is 366 g/mol. The second kappa shape index (κ2) is 7.12. The molecule has 27 heavy (non-hydrogen) atoms. The summed E-state index contributed by atoms with van der Waals surface area (Å²) in [5.41, 5.74) is 3.07. The smallest absolute Gasteiger partial charge is 0.340 e. The molecule has 4 aromatic rings. The van der Waals surface area contributed by atoms with Gasteiger partial charge in [0.15, 0.2) is 12.4 Å². The van der Waals surface area contributed by atoms with Crippen LogP contribution in [0.4, 0.5) is 0 Å². The van der Waals surface area contributed by atoms with Crippen molar-refractivity contribution in [1.82, 2.24) is 24.9 Å². The second-order valence-corrected chi connectivity index (χ2v) is 6.62. The zero-order valence-corrected chi connectivity index (χ0v) is 15.4. The first-order valence-corrected chi connectivity index (χ1v) is 9.06. The van der Waals surface area contributed by atoms with Crippen LogP contribution in [0, 0.1) is 13.8 Å².